The summed E-state index contributed by atoms with van der Waals surface area (Å²) in [5, 5.41) is 3.03. The third-order valence-corrected chi connectivity index (χ3v) is 5.51. The number of carbonyl (C=O) groups excluding carboxylic acids is 1. The molecule has 0 saturated heterocycles. The minimum atomic E-state index is 0.0582. The van der Waals surface area contributed by atoms with Gasteiger partial charge in [0.15, 0.2) is 0 Å². The topological polar surface area (TPSA) is 65.4 Å². The maximum atomic E-state index is 12.3. The van der Waals surface area contributed by atoms with E-state index in [1.165, 1.54) is 5.56 Å². The summed E-state index contributed by atoms with van der Waals surface area (Å²) in [5.74, 6) is 2.53. The number of nitrogens with one attached hydrogen (secondary N) is 1. The van der Waals surface area contributed by atoms with Crippen LogP contribution >= 0.6 is 0 Å². The summed E-state index contributed by atoms with van der Waals surface area (Å²) < 4.78 is 13.4. The van der Waals surface area contributed by atoms with Gasteiger partial charge in [0.2, 0.25) is 5.91 Å². The molecular formula is C27H29N3O3. The van der Waals surface area contributed by atoms with Gasteiger partial charge in [0.25, 0.3) is 0 Å². The van der Waals surface area contributed by atoms with Crippen LogP contribution in [0.25, 0.3) is 11.0 Å². The minimum Gasteiger partial charge on any atom is -0.497 e. The van der Waals surface area contributed by atoms with E-state index >= 15 is 0 Å². The molecule has 0 atom stereocenters. The Morgan fingerprint density at radius 3 is 2.58 bits per heavy atom. The van der Waals surface area contributed by atoms with E-state index in [0.29, 0.717) is 32.5 Å². The molecule has 6 nitrogen and oxygen atoms in total. The SMILES string of the molecule is COc1cccc(OCCn2c(CCNC(=O)CCc3ccccc3)nc3ccccc32)c1. The van der Waals surface area contributed by atoms with Crippen LogP contribution < -0.4 is 14.8 Å². The Kier molecular flexibility index (Phi) is 7.59. The number of methoxy groups -OCH3 is 1. The summed E-state index contributed by atoms with van der Waals surface area (Å²) in [6.07, 6.45) is 1.88. The highest BCUT2D eigenvalue weighted by Gasteiger charge is 2.11. The quantitative estimate of drug-likeness (QED) is 0.373. The molecule has 33 heavy (non-hydrogen) atoms. The van der Waals surface area contributed by atoms with Crippen molar-refractivity contribution in [3.63, 3.8) is 0 Å². The van der Waals surface area contributed by atoms with Crippen LogP contribution in [0, 0.1) is 0 Å². The highest BCUT2D eigenvalue weighted by molar-refractivity contribution is 5.77. The molecule has 3 aromatic carbocycles. The van der Waals surface area contributed by atoms with Crippen molar-refractivity contribution in [1.82, 2.24) is 14.9 Å². The lowest BCUT2D eigenvalue weighted by Crippen LogP contribution is -2.27. The summed E-state index contributed by atoms with van der Waals surface area (Å²) in [7, 11) is 1.64. The van der Waals surface area contributed by atoms with E-state index in [4.69, 9.17) is 14.5 Å². The lowest BCUT2D eigenvalue weighted by Gasteiger charge is -2.12. The van der Waals surface area contributed by atoms with E-state index in [1.54, 1.807) is 7.11 Å². The second-order valence-electron chi connectivity index (χ2n) is 7.78. The Balaban J connectivity index is 1.34. The molecule has 0 aliphatic rings. The number of aryl methyl sites for hydroxylation is 1. The molecule has 6 heteroatoms. The number of amides is 1. The molecule has 0 fully saturated rings. The lowest BCUT2D eigenvalue weighted by atomic mass is 10.1. The van der Waals surface area contributed by atoms with Crippen LogP contribution in [0.3, 0.4) is 0 Å². The van der Waals surface area contributed by atoms with Crippen molar-refractivity contribution in [3.05, 3.63) is 90.3 Å². The molecule has 170 valence electrons. The number of ether oxygens (including phenoxy) is 2. The van der Waals surface area contributed by atoms with Crippen molar-refractivity contribution in [2.24, 2.45) is 0 Å². The van der Waals surface area contributed by atoms with Crippen LogP contribution in [0.1, 0.15) is 17.8 Å². The van der Waals surface area contributed by atoms with Gasteiger partial charge >= 0.3 is 0 Å². The number of aromatic nitrogens is 2. The van der Waals surface area contributed by atoms with Crippen LogP contribution in [0.5, 0.6) is 11.5 Å². The second kappa shape index (κ2) is 11.2. The van der Waals surface area contributed by atoms with E-state index < -0.39 is 0 Å². The van der Waals surface area contributed by atoms with E-state index in [-0.39, 0.29) is 5.91 Å². The molecule has 0 bridgehead atoms. The first-order valence-corrected chi connectivity index (χ1v) is 11.2. The van der Waals surface area contributed by atoms with Gasteiger partial charge in [0.05, 0.1) is 24.7 Å². The molecule has 0 radical (unpaired) electrons. The van der Waals surface area contributed by atoms with Gasteiger partial charge in [-0.1, -0.05) is 48.5 Å². The number of fused-ring (bicyclic) bond motifs is 1. The van der Waals surface area contributed by atoms with Crippen LogP contribution in [0.4, 0.5) is 0 Å². The van der Waals surface area contributed by atoms with Gasteiger partial charge in [-0.3, -0.25) is 4.79 Å². The predicted octanol–water partition coefficient (Wildman–Crippen LogP) is 4.42. The lowest BCUT2D eigenvalue weighted by molar-refractivity contribution is -0.121. The Morgan fingerprint density at radius 1 is 0.939 bits per heavy atom. The smallest absolute Gasteiger partial charge is 0.220 e. The summed E-state index contributed by atoms with van der Waals surface area (Å²) in [6, 6.07) is 25.7. The van der Waals surface area contributed by atoms with Crippen molar-refractivity contribution in [3.8, 4) is 11.5 Å². The van der Waals surface area contributed by atoms with Crippen molar-refractivity contribution >= 4 is 16.9 Å². The zero-order valence-corrected chi connectivity index (χ0v) is 18.9. The summed E-state index contributed by atoms with van der Waals surface area (Å²) in [5.41, 5.74) is 3.19. The fraction of sp³-hybridized carbons (Fsp3) is 0.259. The third-order valence-electron chi connectivity index (χ3n) is 5.51. The predicted molar refractivity (Wildman–Crippen MR) is 130 cm³/mol. The van der Waals surface area contributed by atoms with Crippen molar-refractivity contribution in [2.45, 2.75) is 25.8 Å². The van der Waals surface area contributed by atoms with Gasteiger partial charge in [0, 0.05) is 25.5 Å². The normalized spacial score (nSPS) is 10.8. The van der Waals surface area contributed by atoms with Crippen molar-refractivity contribution in [2.75, 3.05) is 20.3 Å². The van der Waals surface area contributed by atoms with E-state index in [2.05, 4.69) is 16.0 Å². The molecular weight excluding hydrogens is 414 g/mol. The van der Waals surface area contributed by atoms with Gasteiger partial charge in [-0.05, 0) is 36.2 Å². The number of carbonyl (C=O) groups is 1. The molecule has 1 heterocycles. The van der Waals surface area contributed by atoms with E-state index in [0.717, 1.165) is 34.8 Å². The Bertz CT molecular complexity index is 1190. The maximum Gasteiger partial charge on any atom is 0.220 e. The summed E-state index contributed by atoms with van der Waals surface area (Å²) >= 11 is 0. The average molecular weight is 444 g/mol. The molecule has 0 unspecified atom stereocenters. The highest BCUT2D eigenvalue weighted by Crippen LogP contribution is 2.20. The van der Waals surface area contributed by atoms with Crippen LogP contribution in [0.2, 0.25) is 0 Å². The Labute approximate surface area is 194 Å². The molecule has 0 spiro atoms. The zero-order valence-electron chi connectivity index (χ0n) is 18.9. The van der Waals surface area contributed by atoms with Crippen molar-refractivity contribution < 1.29 is 14.3 Å². The van der Waals surface area contributed by atoms with E-state index in [9.17, 15) is 4.79 Å². The van der Waals surface area contributed by atoms with Gasteiger partial charge in [-0.15, -0.1) is 0 Å². The second-order valence-corrected chi connectivity index (χ2v) is 7.78. The maximum absolute atomic E-state index is 12.3. The third kappa shape index (κ3) is 6.13. The number of hydrogen-bond donors (Lipinski definition) is 1. The largest absolute Gasteiger partial charge is 0.497 e. The van der Waals surface area contributed by atoms with Crippen LogP contribution in [-0.2, 0) is 24.2 Å². The first-order valence-electron chi connectivity index (χ1n) is 11.2. The fourth-order valence-electron chi connectivity index (χ4n) is 3.82. The Hall–Kier alpha value is -3.80. The molecule has 4 aromatic rings. The number of imidazole rings is 1. The highest BCUT2D eigenvalue weighted by atomic mass is 16.5. The first-order chi connectivity index (χ1) is 16.2. The number of benzene rings is 3. The number of para-hydroxylation sites is 2. The Morgan fingerprint density at radius 2 is 1.73 bits per heavy atom. The summed E-state index contributed by atoms with van der Waals surface area (Å²) in [6.45, 7) is 1.71. The van der Waals surface area contributed by atoms with Gasteiger partial charge in [0.1, 0.15) is 23.9 Å². The van der Waals surface area contributed by atoms with E-state index in [1.807, 2.05) is 72.8 Å². The van der Waals surface area contributed by atoms with Gasteiger partial charge in [-0.25, -0.2) is 4.98 Å². The molecule has 0 aliphatic heterocycles. The molecule has 4 rings (SSSR count). The standard InChI is InChI=1S/C27H29N3O3/c1-32-22-10-7-11-23(20-22)33-19-18-30-25-13-6-5-12-24(25)29-26(30)16-17-28-27(31)15-14-21-8-3-2-4-9-21/h2-13,20H,14-19H2,1H3,(H,28,31). The summed E-state index contributed by atoms with van der Waals surface area (Å²) in [4.78, 5) is 17.1. The van der Waals surface area contributed by atoms with Crippen LogP contribution in [0.15, 0.2) is 78.9 Å². The molecule has 0 aliphatic carbocycles. The van der Waals surface area contributed by atoms with Crippen molar-refractivity contribution in [1.29, 1.82) is 0 Å². The van der Waals surface area contributed by atoms with Gasteiger partial charge in [-0.2, -0.15) is 0 Å². The average Bonchev–Trinajstić information content (AvgIpc) is 3.21. The fourth-order valence-corrected chi connectivity index (χ4v) is 3.82. The first kappa shape index (κ1) is 22.4. The molecule has 1 amide bonds. The van der Waals surface area contributed by atoms with Crippen LogP contribution in [-0.4, -0.2) is 35.7 Å². The number of rotatable bonds is 11. The van der Waals surface area contributed by atoms with Gasteiger partial charge < -0.3 is 19.4 Å². The number of nitrogens with zero attached hydrogens (tertiary/aromatic N) is 2. The zero-order chi connectivity index (χ0) is 22.9. The molecule has 1 N–H and O–H groups in total. The number of hydrogen-bond acceptors (Lipinski definition) is 4. The minimum absolute atomic E-state index is 0.0582. The monoisotopic (exact) mass is 443 g/mol. The molecule has 0 saturated carbocycles. The molecule has 1 aromatic heterocycles.